The molecular weight excluding hydrogens is 276 g/mol. The van der Waals surface area contributed by atoms with E-state index in [2.05, 4.69) is 57.3 Å². The Morgan fingerprint density at radius 2 is 1.94 bits per heavy atom. The third kappa shape index (κ3) is 1.76. The Kier molecular flexibility index (Phi) is 2.48. The van der Waals surface area contributed by atoms with Crippen LogP contribution in [-0.2, 0) is 0 Å². The topological polar surface area (TPSA) is 28.7 Å². The number of fused-ring (bicyclic) bond motifs is 1. The molecule has 1 N–H and O–H groups in total. The molecule has 1 heterocycles. The van der Waals surface area contributed by atoms with Gasteiger partial charge in [-0.2, -0.15) is 5.10 Å². The standard InChI is InChI=1S/C14H11BrN2/c1-9-8-10(6-7-12(9)15)14-11-4-2-3-5-13(11)16-17-14/h2-8H,1H3,(H,16,17). The zero-order valence-electron chi connectivity index (χ0n) is 9.37. The van der Waals surface area contributed by atoms with Crippen LogP contribution in [0.1, 0.15) is 5.56 Å². The summed E-state index contributed by atoms with van der Waals surface area (Å²) >= 11 is 3.51. The number of aromatic amines is 1. The summed E-state index contributed by atoms with van der Waals surface area (Å²) in [4.78, 5) is 0. The van der Waals surface area contributed by atoms with Gasteiger partial charge in [0.1, 0.15) is 0 Å². The maximum atomic E-state index is 4.40. The van der Waals surface area contributed by atoms with Crippen molar-refractivity contribution in [3.8, 4) is 11.3 Å². The lowest BCUT2D eigenvalue weighted by molar-refractivity contribution is 1.12. The summed E-state index contributed by atoms with van der Waals surface area (Å²) in [5, 5.41) is 8.62. The fourth-order valence-electron chi connectivity index (χ4n) is 1.98. The van der Waals surface area contributed by atoms with Gasteiger partial charge < -0.3 is 0 Å². The first-order valence-electron chi connectivity index (χ1n) is 5.45. The molecule has 0 bridgehead atoms. The van der Waals surface area contributed by atoms with Crippen molar-refractivity contribution < 1.29 is 0 Å². The minimum atomic E-state index is 1.01. The van der Waals surface area contributed by atoms with Crippen molar-refractivity contribution in [2.45, 2.75) is 6.92 Å². The van der Waals surface area contributed by atoms with Crippen molar-refractivity contribution in [3.05, 3.63) is 52.5 Å². The predicted molar refractivity (Wildman–Crippen MR) is 74.0 cm³/mol. The highest BCUT2D eigenvalue weighted by Gasteiger charge is 2.08. The lowest BCUT2D eigenvalue weighted by atomic mass is 10.1. The van der Waals surface area contributed by atoms with E-state index in [9.17, 15) is 0 Å². The number of nitrogens with one attached hydrogen (secondary N) is 1. The Hall–Kier alpha value is -1.61. The predicted octanol–water partition coefficient (Wildman–Crippen LogP) is 4.30. The number of aryl methyl sites for hydroxylation is 1. The molecule has 3 aromatic rings. The van der Waals surface area contributed by atoms with Crippen LogP contribution < -0.4 is 0 Å². The van der Waals surface area contributed by atoms with E-state index in [0.29, 0.717) is 0 Å². The molecule has 0 fully saturated rings. The van der Waals surface area contributed by atoms with Crippen LogP contribution in [0.25, 0.3) is 22.2 Å². The van der Waals surface area contributed by atoms with Crippen LogP contribution in [0.15, 0.2) is 46.9 Å². The highest BCUT2D eigenvalue weighted by molar-refractivity contribution is 9.10. The second-order valence-corrected chi connectivity index (χ2v) is 4.94. The molecule has 2 nitrogen and oxygen atoms in total. The van der Waals surface area contributed by atoms with E-state index < -0.39 is 0 Å². The van der Waals surface area contributed by atoms with Crippen molar-refractivity contribution in [1.82, 2.24) is 10.2 Å². The van der Waals surface area contributed by atoms with Crippen LogP contribution in [0, 0.1) is 6.92 Å². The molecule has 3 rings (SSSR count). The summed E-state index contributed by atoms with van der Waals surface area (Å²) in [6, 6.07) is 14.5. The third-order valence-electron chi connectivity index (χ3n) is 2.90. The normalized spacial score (nSPS) is 10.9. The number of hydrogen-bond donors (Lipinski definition) is 1. The minimum Gasteiger partial charge on any atom is -0.277 e. The molecule has 1 aromatic heterocycles. The maximum Gasteiger partial charge on any atom is 0.0999 e. The first kappa shape index (κ1) is 10.5. The number of aromatic nitrogens is 2. The smallest absolute Gasteiger partial charge is 0.0999 e. The summed E-state index contributed by atoms with van der Waals surface area (Å²) < 4.78 is 1.13. The number of para-hydroxylation sites is 1. The van der Waals surface area contributed by atoms with Gasteiger partial charge >= 0.3 is 0 Å². The quantitative estimate of drug-likeness (QED) is 0.710. The second kappa shape index (κ2) is 4.00. The van der Waals surface area contributed by atoms with Crippen molar-refractivity contribution >= 4 is 26.8 Å². The second-order valence-electron chi connectivity index (χ2n) is 4.08. The molecule has 3 heteroatoms. The molecular formula is C14H11BrN2. The number of nitrogens with zero attached hydrogens (tertiary/aromatic N) is 1. The van der Waals surface area contributed by atoms with Crippen molar-refractivity contribution in [1.29, 1.82) is 0 Å². The van der Waals surface area contributed by atoms with Gasteiger partial charge in [-0.1, -0.05) is 40.2 Å². The van der Waals surface area contributed by atoms with Gasteiger partial charge in [-0.3, -0.25) is 5.10 Å². The van der Waals surface area contributed by atoms with Gasteiger partial charge in [0, 0.05) is 15.4 Å². The van der Waals surface area contributed by atoms with Crippen molar-refractivity contribution in [2.24, 2.45) is 0 Å². The fourth-order valence-corrected chi connectivity index (χ4v) is 2.22. The van der Waals surface area contributed by atoms with E-state index in [-0.39, 0.29) is 0 Å². The molecule has 0 aliphatic rings. The van der Waals surface area contributed by atoms with E-state index in [1.807, 2.05) is 18.2 Å². The van der Waals surface area contributed by atoms with Crippen molar-refractivity contribution in [3.63, 3.8) is 0 Å². The Bertz CT molecular complexity index is 686. The number of H-pyrrole nitrogens is 1. The van der Waals surface area contributed by atoms with E-state index in [1.165, 1.54) is 5.56 Å². The van der Waals surface area contributed by atoms with Gasteiger partial charge in [0.05, 0.1) is 11.2 Å². The highest BCUT2D eigenvalue weighted by atomic mass is 79.9. The van der Waals surface area contributed by atoms with Gasteiger partial charge in [-0.05, 0) is 30.7 Å². The van der Waals surface area contributed by atoms with E-state index >= 15 is 0 Å². The van der Waals surface area contributed by atoms with Gasteiger partial charge in [0.2, 0.25) is 0 Å². The zero-order valence-corrected chi connectivity index (χ0v) is 11.0. The number of benzene rings is 2. The number of rotatable bonds is 1. The minimum absolute atomic E-state index is 1.01. The molecule has 17 heavy (non-hydrogen) atoms. The fraction of sp³-hybridized carbons (Fsp3) is 0.0714. The summed E-state index contributed by atoms with van der Waals surface area (Å²) in [7, 11) is 0. The Morgan fingerprint density at radius 1 is 1.12 bits per heavy atom. The molecule has 0 spiro atoms. The van der Waals surface area contributed by atoms with E-state index in [1.54, 1.807) is 0 Å². The van der Waals surface area contributed by atoms with Gasteiger partial charge in [0.15, 0.2) is 0 Å². The maximum absolute atomic E-state index is 4.40. The zero-order chi connectivity index (χ0) is 11.8. The van der Waals surface area contributed by atoms with Crippen LogP contribution in [0.5, 0.6) is 0 Å². The first-order chi connectivity index (χ1) is 8.25. The van der Waals surface area contributed by atoms with Crippen LogP contribution in [-0.4, -0.2) is 10.2 Å². The molecule has 2 aromatic carbocycles. The summed E-state index contributed by atoms with van der Waals surface area (Å²) in [6.07, 6.45) is 0. The molecule has 0 radical (unpaired) electrons. The van der Waals surface area contributed by atoms with Crippen LogP contribution in [0.4, 0.5) is 0 Å². The van der Waals surface area contributed by atoms with Gasteiger partial charge in [-0.15, -0.1) is 0 Å². The Morgan fingerprint density at radius 3 is 2.76 bits per heavy atom. The van der Waals surface area contributed by atoms with Crippen LogP contribution in [0.3, 0.4) is 0 Å². The van der Waals surface area contributed by atoms with E-state index in [4.69, 9.17) is 0 Å². The number of halogens is 1. The van der Waals surface area contributed by atoms with Crippen LogP contribution >= 0.6 is 15.9 Å². The third-order valence-corrected chi connectivity index (χ3v) is 3.79. The average molecular weight is 287 g/mol. The summed E-state index contributed by atoms with van der Waals surface area (Å²) in [5.41, 5.74) is 4.44. The molecule has 0 saturated carbocycles. The highest BCUT2D eigenvalue weighted by Crippen LogP contribution is 2.28. The molecule has 0 aliphatic carbocycles. The van der Waals surface area contributed by atoms with Gasteiger partial charge in [0.25, 0.3) is 0 Å². The molecule has 0 aliphatic heterocycles. The average Bonchev–Trinajstić information content (AvgIpc) is 2.76. The lowest BCUT2D eigenvalue weighted by Gasteiger charge is -2.02. The molecule has 0 unspecified atom stereocenters. The Balaban J connectivity index is 2.24. The first-order valence-corrected chi connectivity index (χ1v) is 6.24. The Labute approximate surface area is 108 Å². The SMILES string of the molecule is Cc1cc(-c2n[nH]c3ccccc23)ccc1Br. The largest absolute Gasteiger partial charge is 0.277 e. The lowest BCUT2D eigenvalue weighted by Crippen LogP contribution is -1.82. The molecule has 0 amide bonds. The van der Waals surface area contributed by atoms with Gasteiger partial charge in [-0.25, -0.2) is 0 Å². The van der Waals surface area contributed by atoms with Crippen LogP contribution in [0.2, 0.25) is 0 Å². The molecule has 84 valence electrons. The molecule has 0 atom stereocenters. The summed E-state index contributed by atoms with van der Waals surface area (Å²) in [5.74, 6) is 0. The number of hydrogen-bond acceptors (Lipinski definition) is 1. The molecule has 0 saturated heterocycles. The van der Waals surface area contributed by atoms with E-state index in [0.717, 1.165) is 26.6 Å². The van der Waals surface area contributed by atoms with Crippen molar-refractivity contribution in [2.75, 3.05) is 0 Å². The summed E-state index contributed by atoms with van der Waals surface area (Å²) in [6.45, 7) is 2.09. The monoisotopic (exact) mass is 286 g/mol.